The number of carbonyl (C=O) groups is 1. The number of hydrogen-bond acceptors (Lipinski definition) is 7. The zero-order valence-electron chi connectivity index (χ0n) is 12.8. The van der Waals surface area contributed by atoms with Gasteiger partial charge >= 0.3 is 12.1 Å². The quantitative estimate of drug-likeness (QED) is 0.485. The van der Waals surface area contributed by atoms with Crippen molar-refractivity contribution in [2.24, 2.45) is 0 Å². The van der Waals surface area contributed by atoms with Gasteiger partial charge in [0, 0.05) is 5.56 Å². The minimum atomic E-state index is -4.80. The van der Waals surface area contributed by atoms with Gasteiger partial charge in [-0.2, -0.15) is 18.2 Å². The van der Waals surface area contributed by atoms with Crippen LogP contribution < -0.4 is 0 Å². The average molecular weight is 371 g/mol. The van der Waals surface area contributed by atoms with E-state index >= 15 is 0 Å². The highest BCUT2D eigenvalue weighted by Crippen LogP contribution is 2.29. The van der Waals surface area contributed by atoms with E-state index in [1.165, 1.54) is 18.7 Å². The van der Waals surface area contributed by atoms with Gasteiger partial charge in [0.15, 0.2) is 12.2 Å². The van der Waals surface area contributed by atoms with E-state index in [0.29, 0.717) is 5.69 Å². The number of aromatic nitrogens is 3. The van der Waals surface area contributed by atoms with Crippen LogP contribution in [-0.2, 0) is 17.5 Å². The van der Waals surface area contributed by atoms with Gasteiger partial charge in [-0.1, -0.05) is 11.2 Å². The molecule has 0 fully saturated rings. The molecule has 3 aromatic rings. The molecule has 0 aliphatic heterocycles. The number of hydrogen-bond donors (Lipinski definition) is 0. The van der Waals surface area contributed by atoms with Gasteiger partial charge in [0.25, 0.3) is 0 Å². The third-order valence-corrected chi connectivity index (χ3v) is 3.16. The molecule has 0 aliphatic rings. The molecule has 11 heteroatoms. The molecule has 26 heavy (non-hydrogen) atoms. The number of benzene rings is 1. The largest absolute Gasteiger partial charge is 0.471 e. The molecule has 0 spiro atoms. The number of oxazole rings is 1. The average Bonchev–Trinajstić information content (AvgIpc) is 3.26. The molecule has 0 amide bonds. The maximum atomic E-state index is 14.1. The summed E-state index contributed by atoms with van der Waals surface area (Å²) in [6.07, 6.45) is -2.28. The lowest BCUT2D eigenvalue weighted by atomic mass is 10.1. The van der Waals surface area contributed by atoms with Crippen LogP contribution in [0.25, 0.3) is 11.4 Å². The monoisotopic (exact) mass is 371 g/mol. The Hall–Kier alpha value is -3.08. The number of alkyl halides is 3. The van der Waals surface area contributed by atoms with E-state index in [2.05, 4.69) is 19.6 Å². The highest BCUT2D eigenvalue weighted by atomic mass is 19.4. The lowest BCUT2D eigenvalue weighted by molar-refractivity contribution is -0.159. The number of rotatable bonds is 6. The van der Waals surface area contributed by atoms with Gasteiger partial charge in [0.2, 0.25) is 5.82 Å². The highest BCUT2D eigenvalue weighted by molar-refractivity contribution is 5.97. The van der Waals surface area contributed by atoms with E-state index in [9.17, 15) is 22.4 Å². The Morgan fingerprint density at radius 2 is 2.08 bits per heavy atom. The molecule has 0 radical (unpaired) electrons. The summed E-state index contributed by atoms with van der Waals surface area (Å²) in [6, 6.07) is 3.16. The van der Waals surface area contributed by atoms with E-state index in [4.69, 9.17) is 9.15 Å². The Kier molecular flexibility index (Phi) is 4.80. The SMILES string of the molecule is O=C(COCc1cocn1)c1ccc(-c2noc(C(F)(F)F)n2)cc1F. The third kappa shape index (κ3) is 3.94. The second-order valence-corrected chi connectivity index (χ2v) is 5.01. The van der Waals surface area contributed by atoms with E-state index in [1.807, 2.05) is 0 Å². The Balaban J connectivity index is 1.68. The number of Topliss-reactive ketones (excluding diaryl/α,β-unsaturated/α-hetero) is 1. The van der Waals surface area contributed by atoms with Crippen molar-refractivity contribution in [2.75, 3.05) is 6.61 Å². The van der Waals surface area contributed by atoms with Crippen molar-refractivity contribution in [3.8, 4) is 11.4 Å². The summed E-state index contributed by atoms with van der Waals surface area (Å²) in [5.41, 5.74) is 0.112. The summed E-state index contributed by atoms with van der Waals surface area (Å²) >= 11 is 0. The first-order valence-corrected chi connectivity index (χ1v) is 7.03. The Labute approximate surface area is 142 Å². The van der Waals surface area contributed by atoms with Gasteiger partial charge < -0.3 is 13.7 Å². The topological polar surface area (TPSA) is 91.2 Å². The maximum Gasteiger partial charge on any atom is 0.471 e. The van der Waals surface area contributed by atoms with Crippen molar-refractivity contribution in [1.82, 2.24) is 15.1 Å². The third-order valence-electron chi connectivity index (χ3n) is 3.16. The summed E-state index contributed by atoms with van der Waals surface area (Å²) in [6.45, 7) is -0.408. The van der Waals surface area contributed by atoms with Gasteiger partial charge in [-0.3, -0.25) is 4.79 Å². The van der Waals surface area contributed by atoms with Gasteiger partial charge in [0.1, 0.15) is 24.4 Å². The number of carbonyl (C=O) groups excluding carboxylic acids is 1. The normalized spacial score (nSPS) is 11.7. The van der Waals surface area contributed by atoms with Crippen molar-refractivity contribution in [3.05, 3.63) is 53.8 Å². The smallest absolute Gasteiger partial charge is 0.451 e. The summed E-state index contributed by atoms with van der Waals surface area (Å²) in [5.74, 6) is -3.59. The zero-order chi connectivity index (χ0) is 18.7. The minimum absolute atomic E-state index is 0.00498. The van der Waals surface area contributed by atoms with Crippen LogP contribution in [0.5, 0.6) is 0 Å². The van der Waals surface area contributed by atoms with Crippen LogP contribution in [0.4, 0.5) is 17.6 Å². The first-order chi connectivity index (χ1) is 12.3. The predicted octanol–water partition coefficient (Wildman–Crippen LogP) is 3.28. The molecule has 3 rings (SSSR count). The van der Waals surface area contributed by atoms with Crippen molar-refractivity contribution >= 4 is 5.78 Å². The van der Waals surface area contributed by atoms with E-state index in [0.717, 1.165) is 12.1 Å². The molecule has 0 bridgehead atoms. The van der Waals surface area contributed by atoms with E-state index in [-0.39, 0.29) is 17.7 Å². The van der Waals surface area contributed by atoms with Gasteiger partial charge in [0.05, 0.1) is 12.2 Å². The first kappa shape index (κ1) is 17.7. The van der Waals surface area contributed by atoms with Crippen molar-refractivity contribution in [3.63, 3.8) is 0 Å². The molecular formula is C15H9F4N3O4. The Morgan fingerprint density at radius 3 is 2.69 bits per heavy atom. The Bertz CT molecular complexity index is 906. The second-order valence-electron chi connectivity index (χ2n) is 5.01. The molecule has 0 saturated carbocycles. The van der Waals surface area contributed by atoms with Crippen LogP contribution in [0.2, 0.25) is 0 Å². The van der Waals surface area contributed by atoms with Crippen molar-refractivity contribution in [1.29, 1.82) is 0 Å². The van der Waals surface area contributed by atoms with Crippen LogP contribution in [0.1, 0.15) is 21.9 Å². The molecule has 0 N–H and O–H groups in total. The molecule has 0 saturated heterocycles. The van der Waals surface area contributed by atoms with Gasteiger partial charge in [-0.05, 0) is 12.1 Å². The van der Waals surface area contributed by atoms with E-state index < -0.39 is 36.1 Å². The van der Waals surface area contributed by atoms with Gasteiger partial charge in [-0.25, -0.2) is 9.37 Å². The lowest BCUT2D eigenvalue weighted by Crippen LogP contribution is -2.11. The molecular weight excluding hydrogens is 362 g/mol. The molecule has 2 heterocycles. The lowest BCUT2D eigenvalue weighted by Gasteiger charge is -2.04. The molecule has 0 atom stereocenters. The van der Waals surface area contributed by atoms with Crippen LogP contribution in [0.3, 0.4) is 0 Å². The highest BCUT2D eigenvalue weighted by Gasteiger charge is 2.38. The second kappa shape index (κ2) is 7.04. The minimum Gasteiger partial charge on any atom is -0.451 e. The predicted molar refractivity (Wildman–Crippen MR) is 75.2 cm³/mol. The Morgan fingerprint density at radius 1 is 1.27 bits per heavy atom. The zero-order valence-corrected chi connectivity index (χ0v) is 12.8. The fourth-order valence-corrected chi connectivity index (χ4v) is 1.97. The molecule has 7 nitrogen and oxygen atoms in total. The summed E-state index contributed by atoms with van der Waals surface area (Å²) in [7, 11) is 0. The molecule has 0 unspecified atom stereocenters. The number of halogens is 4. The number of ketones is 1. The summed E-state index contributed by atoms with van der Waals surface area (Å²) in [4.78, 5) is 18.9. The molecule has 2 aromatic heterocycles. The van der Waals surface area contributed by atoms with Crippen LogP contribution in [0.15, 0.2) is 39.8 Å². The van der Waals surface area contributed by atoms with Crippen LogP contribution >= 0.6 is 0 Å². The van der Waals surface area contributed by atoms with Crippen molar-refractivity contribution in [2.45, 2.75) is 12.8 Å². The van der Waals surface area contributed by atoms with Crippen LogP contribution in [-0.4, -0.2) is 27.5 Å². The summed E-state index contributed by atoms with van der Waals surface area (Å²) in [5, 5.41) is 3.15. The van der Waals surface area contributed by atoms with Crippen molar-refractivity contribution < 1.29 is 36.0 Å². The number of nitrogens with zero attached hydrogens (tertiary/aromatic N) is 3. The molecule has 0 aliphatic carbocycles. The van der Waals surface area contributed by atoms with Gasteiger partial charge in [-0.15, -0.1) is 0 Å². The standard InChI is InChI=1S/C15H9F4N3O4/c16-11-3-8(13-21-14(26-22-13)15(17,18)19)1-2-10(11)12(23)6-24-4-9-5-25-7-20-9/h1-3,5,7H,4,6H2. The fourth-order valence-electron chi connectivity index (χ4n) is 1.97. The maximum absolute atomic E-state index is 14.1. The number of ether oxygens (including phenoxy) is 1. The van der Waals surface area contributed by atoms with E-state index in [1.54, 1.807) is 0 Å². The first-order valence-electron chi connectivity index (χ1n) is 7.03. The summed E-state index contributed by atoms with van der Waals surface area (Å²) < 4.78 is 65.4. The molecule has 136 valence electrons. The van der Waals surface area contributed by atoms with Crippen LogP contribution in [0, 0.1) is 5.82 Å². The fraction of sp³-hybridized carbons (Fsp3) is 0.200. The molecule has 1 aromatic carbocycles.